The van der Waals surface area contributed by atoms with Crippen LogP contribution in [0.3, 0.4) is 0 Å². The molecule has 0 aliphatic carbocycles. The molecule has 2 aromatic carbocycles. The Kier molecular flexibility index (Phi) is 3.79. The van der Waals surface area contributed by atoms with Crippen LogP contribution in [0.5, 0.6) is 5.75 Å². The van der Waals surface area contributed by atoms with E-state index in [1.54, 1.807) is 18.2 Å². The molecule has 0 radical (unpaired) electrons. The summed E-state index contributed by atoms with van der Waals surface area (Å²) in [5.74, 6) is -0.0468. The van der Waals surface area contributed by atoms with E-state index >= 15 is 0 Å². The molecule has 0 N–H and O–H groups in total. The average Bonchev–Trinajstić information content (AvgIpc) is 2.32. The zero-order valence-electron chi connectivity index (χ0n) is 9.41. The summed E-state index contributed by atoms with van der Waals surface area (Å²) < 4.78 is 19.8. The summed E-state index contributed by atoms with van der Waals surface area (Å²) in [6, 6.07) is 12.4. The van der Waals surface area contributed by atoms with Crippen molar-refractivity contribution in [2.45, 2.75) is 13.5 Å². The lowest BCUT2D eigenvalue weighted by atomic mass is 10.1. The Hall–Kier alpha value is -1.35. The SMILES string of the molecule is Cc1cc(COc2ccccc2F)ccc1Br. The van der Waals surface area contributed by atoms with Gasteiger partial charge in [-0.1, -0.05) is 40.2 Å². The highest BCUT2D eigenvalue weighted by Gasteiger charge is 2.02. The second-order valence-corrected chi connectivity index (χ2v) is 4.66. The summed E-state index contributed by atoms with van der Waals surface area (Å²) in [5.41, 5.74) is 2.16. The molecule has 17 heavy (non-hydrogen) atoms. The molecule has 0 saturated carbocycles. The van der Waals surface area contributed by atoms with Crippen molar-refractivity contribution in [3.05, 3.63) is 63.9 Å². The van der Waals surface area contributed by atoms with Gasteiger partial charge in [0.25, 0.3) is 0 Å². The summed E-state index contributed by atoms with van der Waals surface area (Å²) in [4.78, 5) is 0. The highest BCUT2D eigenvalue weighted by molar-refractivity contribution is 9.10. The molecule has 2 aromatic rings. The average molecular weight is 295 g/mol. The first-order chi connectivity index (χ1) is 8.16. The van der Waals surface area contributed by atoms with Gasteiger partial charge < -0.3 is 4.74 Å². The predicted octanol–water partition coefficient (Wildman–Crippen LogP) is 4.48. The smallest absolute Gasteiger partial charge is 0.165 e. The maximum atomic E-state index is 13.3. The van der Waals surface area contributed by atoms with E-state index in [1.807, 2.05) is 25.1 Å². The van der Waals surface area contributed by atoms with Gasteiger partial charge in [0.05, 0.1) is 0 Å². The molecule has 0 saturated heterocycles. The van der Waals surface area contributed by atoms with Crippen molar-refractivity contribution in [2.75, 3.05) is 0 Å². The van der Waals surface area contributed by atoms with Crippen LogP contribution >= 0.6 is 15.9 Å². The molecule has 0 heterocycles. The number of hydrogen-bond donors (Lipinski definition) is 0. The van der Waals surface area contributed by atoms with Crippen molar-refractivity contribution in [3.8, 4) is 5.75 Å². The third-order valence-electron chi connectivity index (χ3n) is 2.45. The monoisotopic (exact) mass is 294 g/mol. The lowest BCUT2D eigenvalue weighted by molar-refractivity contribution is 0.290. The summed E-state index contributed by atoms with van der Waals surface area (Å²) in [6.45, 7) is 2.38. The minimum atomic E-state index is -0.332. The van der Waals surface area contributed by atoms with Gasteiger partial charge in [-0.2, -0.15) is 0 Å². The lowest BCUT2D eigenvalue weighted by Gasteiger charge is -2.08. The van der Waals surface area contributed by atoms with Gasteiger partial charge >= 0.3 is 0 Å². The maximum Gasteiger partial charge on any atom is 0.165 e. The Morgan fingerprint density at radius 1 is 1.18 bits per heavy atom. The van der Waals surface area contributed by atoms with Gasteiger partial charge in [-0.3, -0.25) is 0 Å². The van der Waals surface area contributed by atoms with E-state index in [9.17, 15) is 4.39 Å². The topological polar surface area (TPSA) is 9.23 Å². The van der Waals surface area contributed by atoms with Crippen LogP contribution in [0.25, 0.3) is 0 Å². The quantitative estimate of drug-likeness (QED) is 0.811. The van der Waals surface area contributed by atoms with Crippen molar-refractivity contribution < 1.29 is 9.13 Å². The van der Waals surface area contributed by atoms with E-state index in [2.05, 4.69) is 15.9 Å². The molecule has 0 aliphatic rings. The van der Waals surface area contributed by atoms with Gasteiger partial charge in [-0.05, 0) is 36.2 Å². The van der Waals surface area contributed by atoms with Gasteiger partial charge in [-0.25, -0.2) is 4.39 Å². The molecule has 0 aliphatic heterocycles. The van der Waals surface area contributed by atoms with E-state index in [4.69, 9.17) is 4.74 Å². The number of benzene rings is 2. The molecule has 0 atom stereocenters. The Balaban J connectivity index is 2.08. The zero-order chi connectivity index (χ0) is 12.3. The number of para-hydroxylation sites is 1. The number of rotatable bonds is 3. The number of ether oxygens (including phenoxy) is 1. The van der Waals surface area contributed by atoms with Gasteiger partial charge in [-0.15, -0.1) is 0 Å². The van der Waals surface area contributed by atoms with Crippen LogP contribution in [0, 0.1) is 12.7 Å². The molecule has 88 valence electrons. The van der Waals surface area contributed by atoms with E-state index < -0.39 is 0 Å². The van der Waals surface area contributed by atoms with Gasteiger partial charge in [0.15, 0.2) is 11.6 Å². The van der Waals surface area contributed by atoms with E-state index in [0.29, 0.717) is 6.61 Å². The Labute approximate surface area is 108 Å². The Morgan fingerprint density at radius 3 is 2.65 bits per heavy atom. The van der Waals surface area contributed by atoms with Gasteiger partial charge in [0.2, 0.25) is 0 Å². The third kappa shape index (κ3) is 3.07. The van der Waals surface area contributed by atoms with Crippen LogP contribution in [0.2, 0.25) is 0 Å². The number of aryl methyl sites for hydroxylation is 1. The summed E-state index contributed by atoms with van der Waals surface area (Å²) in [7, 11) is 0. The van der Waals surface area contributed by atoms with Crippen molar-refractivity contribution in [3.63, 3.8) is 0 Å². The van der Waals surface area contributed by atoms with Crippen LogP contribution in [0.4, 0.5) is 4.39 Å². The van der Waals surface area contributed by atoms with Crippen molar-refractivity contribution in [1.82, 2.24) is 0 Å². The Morgan fingerprint density at radius 2 is 1.94 bits per heavy atom. The van der Waals surface area contributed by atoms with Crippen LogP contribution in [-0.2, 0) is 6.61 Å². The van der Waals surface area contributed by atoms with Gasteiger partial charge in [0, 0.05) is 4.47 Å². The number of hydrogen-bond acceptors (Lipinski definition) is 1. The van der Waals surface area contributed by atoms with E-state index in [0.717, 1.165) is 15.6 Å². The first-order valence-corrected chi connectivity index (χ1v) is 6.08. The van der Waals surface area contributed by atoms with Crippen LogP contribution in [0.1, 0.15) is 11.1 Å². The zero-order valence-corrected chi connectivity index (χ0v) is 11.0. The standard InChI is InChI=1S/C14H12BrFO/c1-10-8-11(6-7-12(10)15)9-17-14-5-3-2-4-13(14)16/h2-8H,9H2,1H3. The third-order valence-corrected chi connectivity index (χ3v) is 3.34. The minimum Gasteiger partial charge on any atom is -0.486 e. The molecule has 1 nitrogen and oxygen atoms in total. The molecule has 0 spiro atoms. The van der Waals surface area contributed by atoms with Crippen LogP contribution in [0.15, 0.2) is 46.9 Å². The molecule has 0 fully saturated rings. The highest BCUT2D eigenvalue weighted by atomic mass is 79.9. The van der Waals surface area contributed by atoms with E-state index in [1.165, 1.54) is 6.07 Å². The van der Waals surface area contributed by atoms with Crippen molar-refractivity contribution in [2.24, 2.45) is 0 Å². The summed E-state index contributed by atoms with van der Waals surface area (Å²) in [5, 5.41) is 0. The molecular weight excluding hydrogens is 283 g/mol. The predicted molar refractivity (Wildman–Crippen MR) is 69.6 cm³/mol. The molecule has 3 heteroatoms. The van der Waals surface area contributed by atoms with Crippen LogP contribution < -0.4 is 4.74 Å². The minimum absolute atomic E-state index is 0.285. The second-order valence-electron chi connectivity index (χ2n) is 3.80. The first kappa shape index (κ1) is 12.1. The fourth-order valence-electron chi connectivity index (χ4n) is 1.52. The molecule has 0 bridgehead atoms. The molecule has 0 unspecified atom stereocenters. The van der Waals surface area contributed by atoms with Crippen molar-refractivity contribution in [1.29, 1.82) is 0 Å². The normalized spacial score (nSPS) is 10.3. The largest absolute Gasteiger partial charge is 0.486 e. The number of halogens is 2. The maximum absolute atomic E-state index is 13.3. The van der Waals surface area contributed by atoms with Crippen LogP contribution in [-0.4, -0.2) is 0 Å². The fraction of sp³-hybridized carbons (Fsp3) is 0.143. The fourth-order valence-corrected chi connectivity index (χ4v) is 1.77. The summed E-state index contributed by atoms with van der Waals surface area (Å²) in [6.07, 6.45) is 0. The van der Waals surface area contributed by atoms with Gasteiger partial charge in [0.1, 0.15) is 6.61 Å². The first-order valence-electron chi connectivity index (χ1n) is 5.29. The second kappa shape index (κ2) is 5.32. The highest BCUT2D eigenvalue weighted by Crippen LogP contribution is 2.20. The molecular formula is C14H12BrFO. The molecule has 0 aromatic heterocycles. The molecule has 0 amide bonds. The summed E-state index contributed by atoms with van der Waals surface area (Å²) >= 11 is 3.44. The Bertz CT molecular complexity index is 525. The van der Waals surface area contributed by atoms with E-state index in [-0.39, 0.29) is 11.6 Å². The molecule has 2 rings (SSSR count). The van der Waals surface area contributed by atoms with Crippen molar-refractivity contribution >= 4 is 15.9 Å². The lowest BCUT2D eigenvalue weighted by Crippen LogP contribution is -1.97.